The molecule has 31 heavy (non-hydrogen) atoms. The van der Waals surface area contributed by atoms with Crippen molar-refractivity contribution in [1.82, 2.24) is 14.9 Å². The third kappa shape index (κ3) is 5.02. The Morgan fingerprint density at radius 1 is 1.00 bits per heavy atom. The zero-order valence-electron chi connectivity index (χ0n) is 20.2. The average Bonchev–Trinajstić information content (AvgIpc) is 2.80. The van der Waals surface area contributed by atoms with Gasteiger partial charge in [0.25, 0.3) is 0 Å². The first-order valence-corrected chi connectivity index (χ1v) is 12.8. The van der Waals surface area contributed by atoms with E-state index in [0.29, 0.717) is 17.0 Å². The summed E-state index contributed by atoms with van der Waals surface area (Å²) in [6, 6.07) is 0. The summed E-state index contributed by atoms with van der Waals surface area (Å²) in [5, 5.41) is 0.585. The van der Waals surface area contributed by atoms with Gasteiger partial charge >= 0.3 is 0 Å². The van der Waals surface area contributed by atoms with Gasteiger partial charge in [-0.2, -0.15) is 0 Å². The second kappa shape index (κ2) is 10.5. The molecule has 0 aliphatic carbocycles. The lowest BCUT2D eigenvalue weighted by molar-refractivity contribution is -0.144. The van der Waals surface area contributed by atoms with Crippen LogP contribution in [0.5, 0.6) is 0 Å². The lowest BCUT2D eigenvalue weighted by atomic mass is 9.76. The Morgan fingerprint density at radius 3 is 2.00 bits per heavy atom. The molecule has 6 heteroatoms. The van der Waals surface area contributed by atoms with E-state index in [1.165, 1.54) is 12.8 Å². The molecule has 1 aromatic rings. The topological polar surface area (TPSA) is 49.3 Å². The number of rotatable bonds is 7. The Morgan fingerprint density at radius 2 is 1.52 bits per heavy atom. The Bertz CT molecular complexity index is 725. The number of hydrogen-bond donors (Lipinski definition) is 0. The number of nitrogens with zero attached hydrogens (tertiary/aromatic N) is 4. The van der Waals surface area contributed by atoms with E-state index in [4.69, 9.17) is 11.6 Å². The quantitative estimate of drug-likeness (QED) is 0.485. The van der Waals surface area contributed by atoms with Crippen molar-refractivity contribution in [2.45, 2.75) is 85.5 Å². The van der Waals surface area contributed by atoms with Crippen LogP contribution in [0.4, 0.5) is 5.82 Å². The lowest BCUT2D eigenvalue weighted by Gasteiger charge is -2.43. The largest absolute Gasteiger partial charge is 0.356 e. The summed E-state index contributed by atoms with van der Waals surface area (Å²) in [5.74, 6) is 3.22. The van der Waals surface area contributed by atoms with Gasteiger partial charge in [-0.25, -0.2) is 9.97 Å². The number of piperidine rings is 2. The minimum absolute atomic E-state index is 0.148. The molecule has 0 N–H and O–H groups in total. The van der Waals surface area contributed by atoms with Crippen molar-refractivity contribution < 1.29 is 4.79 Å². The van der Waals surface area contributed by atoms with Crippen LogP contribution in [-0.2, 0) is 4.79 Å². The predicted molar refractivity (Wildman–Crippen MR) is 129 cm³/mol. The predicted octanol–water partition coefficient (Wildman–Crippen LogP) is 5.92. The molecule has 0 bridgehead atoms. The van der Waals surface area contributed by atoms with Gasteiger partial charge in [-0.1, -0.05) is 46.2 Å². The molecule has 1 aromatic heterocycles. The number of halogens is 1. The second-order valence-corrected chi connectivity index (χ2v) is 10.2. The second-order valence-electron chi connectivity index (χ2n) is 9.85. The Labute approximate surface area is 194 Å². The van der Waals surface area contributed by atoms with Gasteiger partial charge in [-0.05, 0) is 62.7 Å². The maximum Gasteiger partial charge on any atom is 0.228 e. The van der Waals surface area contributed by atoms with Crippen LogP contribution in [-0.4, -0.2) is 47.0 Å². The summed E-state index contributed by atoms with van der Waals surface area (Å²) in [5.41, 5.74) is 0.922. The van der Waals surface area contributed by atoms with E-state index >= 15 is 0 Å². The molecule has 2 aliphatic heterocycles. The third-order valence-corrected chi connectivity index (χ3v) is 8.51. The molecule has 0 spiro atoms. The first kappa shape index (κ1) is 24.3. The highest BCUT2D eigenvalue weighted by Crippen LogP contribution is 2.38. The van der Waals surface area contributed by atoms with Crippen molar-refractivity contribution in [2.75, 3.05) is 31.1 Å². The number of likely N-dealkylation sites (tertiary alicyclic amines) is 1. The smallest absolute Gasteiger partial charge is 0.228 e. The molecule has 3 heterocycles. The summed E-state index contributed by atoms with van der Waals surface area (Å²) >= 11 is 6.39. The molecular weight excluding hydrogens is 408 g/mol. The van der Waals surface area contributed by atoms with Crippen LogP contribution in [0.2, 0.25) is 5.15 Å². The van der Waals surface area contributed by atoms with Gasteiger partial charge in [0, 0.05) is 37.2 Å². The van der Waals surface area contributed by atoms with Gasteiger partial charge in [0.1, 0.15) is 17.3 Å². The van der Waals surface area contributed by atoms with Crippen LogP contribution in [0.3, 0.4) is 0 Å². The fourth-order valence-corrected chi connectivity index (χ4v) is 6.16. The van der Waals surface area contributed by atoms with Crippen molar-refractivity contribution in [3.63, 3.8) is 0 Å². The first-order chi connectivity index (χ1) is 14.9. The van der Waals surface area contributed by atoms with Gasteiger partial charge < -0.3 is 9.80 Å². The maximum atomic E-state index is 13.2. The molecule has 0 unspecified atom stereocenters. The molecule has 0 radical (unpaired) electrons. The number of anilines is 1. The minimum Gasteiger partial charge on any atom is -0.356 e. The summed E-state index contributed by atoms with van der Waals surface area (Å²) < 4.78 is 0. The highest BCUT2D eigenvalue weighted by atomic mass is 35.5. The lowest BCUT2D eigenvalue weighted by Crippen LogP contribution is -2.48. The molecule has 1 amide bonds. The Balaban J connectivity index is 1.56. The van der Waals surface area contributed by atoms with E-state index in [1.54, 1.807) is 6.33 Å². The molecule has 174 valence electrons. The van der Waals surface area contributed by atoms with Gasteiger partial charge in [0.15, 0.2) is 0 Å². The molecule has 0 atom stereocenters. The molecule has 5 nitrogen and oxygen atoms in total. The van der Waals surface area contributed by atoms with Gasteiger partial charge in [0.05, 0.1) is 0 Å². The summed E-state index contributed by atoms with van der Waals surface area (Å²) in [6.07, 6.45) is 9.13. The van der Waals surface area contributed by atoms with Gasteiger partial charge in [-0.3, -0.25) is 4.79 Å². The van der Waals surface area contributed by atoms with E-state index in [-0.39, 0.29) is 5.41 Å². The fourth-order valence-electron chi connectivity index (χ4n) is 5.81. The standard InChI is InChI=1S/C25H41ClN4O/c1-6-25(7-2,8-3)24(31)30-15-11-20(12-16-30)19-9-13-29(14-10-19)23-21(18(4)5)22(26)27-17-28-23/h17-20H,6-16H2,1-5H3. The van der Waals surface area contributed by atoms with E-state index in [9.17, 15) is 4.79 Å². The highest BCUT2D eigenvalue weighted by molar-refractivity contribution is 6.30. The van der Waals surface area contributed by atoms with E-state index in [2.05, 4.69) is 54.4 Å². The number of hydrogen-bond acceptors (Lipinski definition) is 4. The molecule has 0 aromatic carbocycles. The third-order valence-electron chi connectivity index (χ3n) is 8.21. The van der Waals surface area contributed by atoms with E-state index < -0.39 is 0 Å². The van der Waals surface area contributed by atoms with Crippen LogP contribution in [0.15, 0.2) is 6.33 Å². The molecular formula is C25H41ClN4O. The molecule has 0 saturated carbocycles. The average molecular weight is 449 g/mol. The molecule has 2 fully saturated rings. The molecule has 3 rings (SSSR count). The van der Waals surface area contributed by atoms with Crippen LogP contribution in [0.1, 0.15) is 91.0 Å². The van der Waals surface area contributed by atoms with Crippen molar-refractivity contribution in [2.24, 2.45) is 17.3 Å². The zero-order chi connectivity index (χ0) is 22.6. The Kier molecular flexibility index (Phi) is 8.23. The number of amides is 1. The maximum absolute atomic E-state index is 13.2. The normalized spacial score (nSPS) is 19.3. The van der Waals surface area contributed by atoms with Crippen LogP contribution >= 0.6 is 11.6 Å². The molecule has 2 aliphatic rings. The van der Waals surface area contributed by atoms with Crippen molar-refractivity contribution in [3.8, 4) is 0 Å². The molecule has 2 saturated heterocycles. The fraction of sp³-hybridized carbons (Fsp3) is 0.800. The zero-order valence-corrected chi connectivity index (χ0v) is 20.9. The summed E-state index contributed by atoms with van der Waals surface area (Å²) in [6.45, 7) is 14.7. The SMILES string of the molecule is CCC(CC)(CC)C(=O)N1CCC(C2CCN(c3ncnc(Cl)c3C(C)C)CC2)CC1. The first-order valence-electron chi connectivity index (χ1n) is 12.4. The van der Waals surface area contributed by atoms with Gasteiger partial charge in [-0.15, -0.1) is 0 Å². The summed E-state index contributed by atoms with van der Waals surface area (Å²) in [7, 11) is 0. The monoisotopic (exact) mass is 448 g/mol. The minimum atomic E-state index is -0.148. The van der Waals surface area contributed by atoms with Gasteiger partial charge in [0.2, 0.25) is 5.91 Å². The van der Waals surface area contributed by atoms with Crippen molar-refractivity contribution in [3.05, 3.63) is 17.0 Å². The van der Waals surface area contributed by atoms with E-state index in [0.717, 1.165) is 81.5 Å². The number of carbonyl (C=O) groups is 1. The Hall–Kier alpha value is -1.36. The van der Waals surface area contributed by atoms with Crippen molar-refractivity contribution >= 4 is 23.3 Å². The van der Waals surface area contributed by atoms with Crippen LogP contribution in [0, 0.1) is 17.3 Å². The summed E-state index contributed by atoms with van der Waals surface area (Å²) in [4.78, 5) is 26.6. The van der Waals surface area contributed by atoms with Crippen molar-refractivity contribution in [1.29, 1.82) is 0 Å². The van der Waals surface area contributed by atoms with Crippen LogP contribution in [0.25, 0.3) is 0 Å². The highest BCUT2D eigenvalue weighted by Gasteiger charge is 2.39. The number of carbonyl (C=O) groups excluding carboxylic acids is 1. The van der Waals surface area contributed by atoms with Crippen LogP contribution < -0.4 is 4.90 Å². The number of aromatic nitrogens is 2. The van der Waals surface area contributed by atoms with E-state index in [1.807, 2.05) is 0 Å².